The number of nitrogens with two attached hydrogens (primary N) is 1. The zero-order chi connectivity index (χ0) is 15.9. The molecule has 1 rings (SSSR count). The smallest absolute Gasteiger partial charge is 0.227 e. The monoisotopic (exact) mass is 295 g/mol. The highest BCUT2D eigenvalue weighted by Gasteiger charge is 2.21. The van der Waals surface area contributed by atoms with Gasteiger partial charge in [0.2, 0.25) is 5.91 Å². The Kier molecular flexibility index (Phi) is 5.98. The van der Waals surface area contributed by atoms with Crippen LogP contribution in [0.2, 0.25) is 0 Å². The molecule has 0 aromatic heterocycles. The third-order valence-corrected chi connectivity index (χ3v) is 2.80. The number of ether oxygens (including phenoxy) is 2. The van der Waals surface area contributed by atoms with Crippen molar-refractivity contribution in [3.8, 4) is 5.75 Å². The van der Waals surface area contributed by atoms with Gasteiger partial charge in [-0.3, -0.25) is 4.79 Å². The number of amides is 1. The molecule has 0 saturated carbocycles. The lowest BCUT2D eigenvalue weighted by Gasteiger charge is -2.22. The topological polar surface area (TPSA) is 106 Å². The zero-order valence-corrected chi connectivity index (χ0v) is 12.4. The van der Waals surface area contributed by atoms with E-state index < -0.39 is 5.60 Å². The van der Waals surface area contributed by atoms with Gasteiger partial charge < -0.3 is 25.7 Å². The maximum absolute atomic E-state index is 12.0. The summed E-state index contributed by atoms with van der Waals surface area (Å²) in [6, 6.07) is 6.92. The lowest BCUT2D eigenvalue weighted by atomic mass is 10.0. The Hall–Kier alpha value is -2.28. The van der Waals surface area contributed by atoms with Crippen LogP contribution in [-0.2, 0) is 9.53 Å². The molecule has 0 aliphatic carbocycles. The van der Waals surface area contributed by atoms with Crippen molar-refractivity contribution in [2.45, 2.75) is 25.9 Å². The normalized spacial score (nSPS) is 12.0. The Morgan fingerprint density at radius 3 is 2.71 bits per heavy atom. The molecular weight excluding hydrogens is 274 g/mol. The average Bonchev–Trinajstić information content (AvgIpc) is 2.45. The Morgan fingerprint density at radius 1 is 1.43 bits per heavy atom. The molecule has 0 spiro atoms. The number of carbonyl (C=O) groups excluding carboxylic acids is 1. The fourth-order valence-corrected chi connectivity index (χ4v) is 1.53. The van der Waals surface area contributed by atoms with E-state index in [0.29, 0.717) is 11.4 Å². The van der Waals surface area contributed by atoms with Gasteiger partial charge in [0.15, 0.2) is 5.84 Å². The van der Waals surface area contributed by atoms with E-state index in [2.05, 4.69) is 10.5 Å². The fraction of sp³-hybridized carbons (Fsp3) is 0.429. The van der Waals surface area contributed by atoms with Crippen LogP contribution < -0.4 is 15.8 Å². The minimum Gasteiger partial charge on any atom is -0.483 e. The molecule has 1 amide bonds. The Bertz CT molecular complexity index is 515. The van der Waals surface area contributed by atoms with Gasteiger partial charge in [0, 0.05) is 7.11 Å². The number of methoxy groups -OCH3 is 1. The number of oxime groups is 1. The van der Waals surface area contributed by atoms with E-state index in [1.807, 2.05) is 13.8 Å². The van der Waals surface area contributed by atoms with Crippen molar-refractivity contribution in [2.24, 2.45) is 10.9 Å². The van der Waals surface area contributed by atoms with Crippen molar-refractivity contribution in [1.82, 2.24) is 0 Å². The van der Waals surface area contributed by atoms with Gasteiger partial charge in [0.05, 0.1) is 17.7 Å². The van der Waals surface area contributed by atoms with Crippen LogP contribution in [0.15, 0.2) is 29.4 Å². The number of hydrogen-bond donors (Lipinski definition) is 3. The second kappa shape index (κ2) is 7.49. The number of nitrogens with one attached hydrogen (secondary N) is 1. The van der Waals surface area contributed by atoms with Crippen molar-refractivity contribution in [1.29, 1.82) is 0 Å². The van der Waals surface area contributed by atoms with E-state index in [1.54, 1.807) is 31.4 Å². The van der Waals surface area contributed by atoms with Gasteiger partial charge >= 0.3 is 0 Å². The van der Waals surface area contributed by atoms with Crippen LogP contribution in [0.5, 0.6) is 5.75 Å². The predicted octanol–water partition coefficient (Wildman–Crippen LogP) is 1.57. The quantitative estimate of drug-likeness (QED) is 0.306. The second-order valence-electron chi connectivity index (χ2n) is 5.06. The summed E-state index contributed by atoms with van der Waals surface area (Å²) < 4.78 is 10.6. The molecule has 0 saturated heterocycles. The van der Waals surface area contributed by atoms with Crippen LogP contribution in [0.3, 0.4) is 0 Å². The SMILES string of the molecule is COC(C)(C)CC(=O)Nc1ccccc1OC/C(N)=N/O. The Balaban J connectivity index is 2.73. The first-order chi connectivity index (χ1) is 9.88. The second-order valence-corrected chi connectivity index (χ2v) is 5.06. The molecule has 0 aliphatic heterocycles. The van der Waals surface area contributed by atoms with Gasteiger partial charge in [-0.15, -0.1) is 0 Å². The average molecular weight is 295 g/mol. The molecule has 7 heteroatoms. The van der Waals surface area contributed by atoms with Gasteiger partial charge in [0.1, 0.15) is 12.4 Å². The summed E-state index contributed by atoms with van der Waals surface area (Å²) in [5.41, 5.74) is 5.31. The molecule has 21 heavy (non-hydrogen) atoms. The third kappa shape index (κ3) is 5.70. The van der Waals surface area contributed by atoms with Gasteiger partial charge in [-0.25, -0.2) is 0 Å². The molecule has 1 aromatic carbocycles. The summed E-state index contributed by atoms with van der Waals surface area (Å²) in [7, 11) is 1.56. The van der Waals surface area contributed by atoms with Crippen molar-refractivity contribution in [3.63, 3.8) is 0 Å². The van der Waals surface area contributed by atoms with Crippen molar-refractivity contribution >= 4 is 17.4 Å². The van der Waals surface area contributed by atoms with E-state index in [1.165, 1.54) is 0 Å². The van der Waals surface area contributed by atoms with Gasteiger partial charge in [0.25, 0.3) is 0 Å². The summed E-state index contributed by atoms with van der Waals surface area (Å²) >= 11 is 0. The van der Waals surface area contributed by atoms with E-state index >= 15 is 0 Å². The van der Waals surface area contributed by atoms with Crippen LogP contribution in [0.25, 0.3) is 0 Å². The Labute approximate surface area is 123 Å². The summed E-state index contributed by atoms with van der Waals surface area (Å²) in [6.07, 6.45) is 0.206. The third-order valence-electron chi connectivity index (χ3n) is 2.80. The lowest BCUT2D eigenvalue weighted by Crippen LogP contribution is -2.29. The van der Waals surface area contributed by atoms with Gasteiger partial charge in [-0.05, 0) is 26.0 Å². The number of para-hydroxylation sites is 2. The molecule has 0 atom stereocenters. The minimum atomic E-state index is -0.548. The first-order valence-corrected chi connectivity index (χ1v) is 6.41. The number of anilines is 1. The highest BCUT2D eigenvalue weighted by atomic mass is 16.5. The molecular formula is C14H21N3O4. The largest absolute Gasteiger partial charge is 0.483 e. The molecule has 0 radical (unpaired) electrons. The van der Waals surface area contributed by atoms with E-state index in [4.69, 9.17) is 20.4 Å². The maximum atomic E-state index is 12.0. The first-order valence-electron chi connectivity index (χ1n) is 6.41. The number of benzene rings is 1. The van der Waals surface area contributed by atoms with Crippen molar-refractivity contribution in [2.75, 3.05) is 19.0 Å². The molecule has 1 aromatic rings. The highest BCUT2D eigenvalue weighted by molar-refractivity contribution is 5.93. The number of hydrogen-bond acceptors (Lipinski definition) is 5. The van der Waals surface area contributed by atoms with Crippen molar-refractivity contribution in [3.05, 3.63) is 24.3 Å². The lowest BCUT2D eigenvalue weighted by molar-refractivity contribution is -0.121. The molecule has 0 heterocycles. The Morgan fingerprint density at radius 2 is 2.10 bits per heavy atom. The fourth-order valence-electron chi connectivity index (χ4n) is 1.53. The predicted molar refractivity (Wildman–Crippen MR) is 79.7 cm³/mol. The molecule has 0 aliphatic rings. The number of carbonyl (C=O) groups is 1. The standard InChI is InChI=1S/C14H21N3O4/c1-14(2,20-3)8-13(18)16-10-6-4-5-7-11(10)21-9-12(15)17-19/h4-7,19H,8-9H2,1-3H3,(H2,15,17)(H,16,18). The molecule has 0 unspecified atom stereocenters. The number of rotatable bonds is 7. The first kappa shape index (κ1) is 16.8. The minimum absolute atomic E-state index is 0.0587. The van der Waals surface area contributed by atoms with Crippen LogP contribution in [0, 0.1) is 0 Å². The molecule has 4 N–H and O–H groups in total. The highest BCUT2D eigenvalue weighted by Crippen LogP contribution is 2.24. The van der Waals surface area contributed by atoms with Crippen LogP contribution in [-0.4, -0.2) is 36.3 Å². The van der Waals surface area contributed by atoms with Crippen LogP contribution in [0.1, 0.15) is 20.3 Å². The van der Waals surface area contributed by atoms with Crippen LogP contribution in [0.4, 0.5) is 5.69 Å². The van der Waals surface area contributed by atoms with E-state index in [0.717, 1.165) is 0 Å². The van der Waals surface area contributed by atoms with Gasteiger partial charge in [-0.2, -0.15) is 0 Å². The maximum Gasteiger partial charge on any atom is 0.227 e. The van der Waals surface area contributed by atoms with E-state index in [9.17, 15) is 4.79 Å². The van der Waals surface area contributed by atoms with Crippen molar-refractivity contribution < 1.29 is 19.5 Å². The zero-order valence-electron chi connectivity index (χ0n) is 12.4. The summed E-state index contributed by atoms with van der Waals surface area (Å²) in [5, 5.41) is 14.1. The van der Waals surface area contributed by atoms with Gasteiger partial charge in [-0.1, -0.05) is 17.3 Å². The number of nitrogens with zero attached hydrogens (tertiary/aromatic N) is 1. The van der Waals surface area contributed by atoms with Crippen LogP contribution >= 0.6 is 0 Å². The number of amidine groups is 1. The molecule has 0 fully saturated rings. The molecule has 7 nitrogen and oxygen atoms in total. The summed E-state index contributed by atoms with van der Waals surface area (Å²) in [6.45, 7) is 3.58. The molecule has 0 bridgehead atoms. The van der Waals surface area contributed by atoms with E-state index in [-0.39, 0.29) is 24.8 Å². The summed E-state index contributed by atoms with van der Waals surface area (Å²) in [4.78, 5) is 12.0. The molecule has 116 valence electrons. The summed E-state index contributed by atoms with van der Waals surface area (Å²) in [5.74, 6) is 0.186.